The first-order chi connectivity index (χ1) is 8.81. The molecule has 0 atom stereocenters. The highest BCUT2D eigenvalue weighted by Crippen LogP contribution is 2.15. The van der Waals surface area contributed by atoms with Crippen molar-refractivity contribution in [3.63, 3.8) is 0 Å². The molecule has 0 saturated heterocycles. The molecule has 0 spiro atoms. The van der Waals surface area contributed by atoms with Crippen LogP contribution in [0.15, 0.2) is 18.6 Å². The monoisotopic (exact) mass is 263 g/mol. The summed E-state index contributed by atoms with van der Waals surface area (Å²) in [6.07, 6.45) is 6.40. The standard InChI is InChI=1S/C12H17N5S/c1-3-9-5-16-12(18-9)8-15-11-7-13-6-10(17-11)14-4-2/h5-7H,3-4,8H2,1-2H3,(H2,14,15,17). The van der Waals surface area contributed by atoms with Crippen LogP contribution in [-0.4, -0.2) is 21.5 Å². The molecule has 0 aliphatic carbocycles. The van der Waals surface area contributed by atoms with Crippen molar-refractivity contribution < 1.29 is 0 Å². The van der Waals surface area contributed by atoms with Gasteiger partial charge in [-0.05, 0) is 13.3 Å². The summed E-state index contributed by atoms with van der Waals surface area (Å²) in [6.45, 7) is 5.69. The molecule has 0 bridgehead atoms. The Morgan fingerprint density at radius 2 is 1.89 bits per heavy atom. The molecule has 0 aliphatic rings. The smallest absolute Gasteiger partial charge is 0.147 e. The Kier molecular flexibility index (Phi) is 4.46. The van der Waals surface area contributed by atoms with Crippen LogP contribution in [0.1, 0.15) is 23.7 Å². The predicted octanol–water partition coefficient (Wildman–Crippen LogP) is 2.54. The maximum atomic E-state index is 4.40. The summed E-state index contributed by atoms with van der Waals surface area (Å²) in [5.41, 5.74) is 0. The minimum absolute atomic E-state index is 0.689. The van der Waals surface area contributed by atoms with Gasteiger partial charge in [0.25, 0.3) is 0 Å². The highest BCUT2D eigenvalue weighted by atomic mass is 32.1. The lowest BCUT2D eigenvalue weighted by molar-refractivity contribution is 1.05. The second kappa shape index (κ2) is 6.30. The summed E-state index contributed by atoms with van der Waals surface area (Å²) < 4.78 is 0. The Labute approximate surface area is 111 Å². The first-order valence-electron chi connectivity index (χ1n) is 6.05. The topological polar surface area (TPSA) is 62.7 Å². The molecule has 0 saturated carbocycles. The summed E-state index contributed by atoms with van der Waals surface area (Å²) in [6, 6.07) is 0. The molecular weight excluding hydrogens is 246 g/mol. The van der Waals surface area contributed by atoms with Gasteiger partial charge in [0.1, 0.15) is 16.6 Å². The molecule has 18 heavy (non-hydrogen) atoms. The molecule has 2 N–H and O–H groups in total. The molecule has 2 rings (SSSR count). The van der Waals surface area contributed by atoms with E-state index in [1.54, 1.807) is 23.7 Å². The summed E-state index contributed by atoms with van der Waals surface area (Å²) in [4.78, 5) is 14.2. The third kappa shape index (κ3) is 3.40. The first-order valence-corrected chi connectivity index (χ1v) is 6.86. The van der Waals surface area contributed by atoms with Crippen LogP contribution in [0.4, 0.5) is 11.6 Å². The van der Waals surface area contributed by atoms with Crippen LogP contribution >= 0.6 is 11.3 Å². The van der Waals surface area contributed by atoms with Crippen molar-refractivity contribution in [2.45, 2.75) is 26.8 Å². The van der Waals surface area contributed by atoms with E-state index in [2.05, 4.69) is 32.5 Å². The lowest BCUT2D eigenvalue weighted by atomic mass is 10.4. The Hall–Kier alpha value is -1.69. The molecule has 0 unspecified atom stereocenters. The number of aryl methyl sites for hydroxylation is 1. The zero-order valence-electron chi connectivity index (χ0n) is 10.6. The zero-order chi connectivity index (χ0) is 12.8. The van der Waals surface area contributed by atoms with Crippen LogP contribution in [0.2, 0.25) is 0 Å². The van der Waals surface area contributed by atoms with Crippen molar-refractivity contribution >= 4 is 23.0 Å². The summed E-state index contributed by atoms with van der Waals surface area (Å²) in [7, 11) is 0. The summed E-state index contributed by atoms with van der Waals surface area (Å²) in [5.74, 6) is 1.55. The van der Waals surface area contributed by atoms with Gasteiger partial charge in [0.05, 0.1) is 18.9 Å². The number of hydrogen-bond acceptors (Lipinski definition) is 6. The summed E-state index contributed by atoms with van der Waals surface area (Å²) >= 11 is 1.73. The van der Waals surface area contributed by atoms with Gasteiger partial charge in [-0.15, -0.1) is 11.3 Å². The number of rotatable bonds is 6. The predicted molar refractivity (Wildman–Crippen MR) is 75.0 cm³/mol. The van der Waals surface area contributed by atoms with Crippen LogP contribution in [0.3, 0.4) is 0 Å². The number of thiazole rings is 1. The lowest BCUT2D eigenvalue weighted by Crippen LogP contribution is -2.05. The minimum Gasteiger partial charge on any atom is -0.369 e. The third-order valence-corrected chi connectivity index (χ3v) is 3.50. The van der Waals surface area contributed by atoms with Crippen molar-refractivity contribution in [1.82, 2.24) is 15.0 Å². The highest BCUT2D eigenvalue weighted by Gasteiger charge is 2.02. The van der Waals surface area contributed by atoms with Gasteiger partial charge in [0, 0.05) is 17.6 Å². The fraction of sp³-hybridized carbons (Fsp3) is 0.417. The van der Waals surface area contributed by atoms with Crippen molar-refractivity contribution in [1.29, 1.82) is 0 Å². The van der Waals surface area contributed by atoms with Crippen molar-refractivity contribution in [3.8, 4) is 0 Å². The number of hydrogen-bond donors (Lipinski definition) is 2. The molecule has 0 fully saturated rings. The highest BCUT2D eigenvalue weighted by molar-refractivity contribution is 7.11. The van der Waals surface area contributed by atoms with E-state index < -0.39 is 0 Å². The second-order valence-electron chi connectivity index (χ2n) is 3.75. The SMILES string of the molecule is CCNc1cncc(NCc2ncc(CC)s2)n1. The van der Waals surface area contributed by atoms with Crippen molar-refractivity contribution in [2.75, 3.05) is 17.2 Å². The van der Waals surface area contributed by atoms with Gasteiger partial charge in [-0.25, -0.2) is 9.97 Å². The average molecular weight is 263 g/mol. The van der Waals surface area contributed by atoms with Crippen LogP contribution in [-0.2, 0) is 13.0 Å². The summed E-state index contributed by atoms with van der Waals surface area (Å²) in [5, 5.41) is 7.44. The fourth-order valence-corrected chi connectivity index (χ4v) is 2.28. The van der Waals surface area contributed by atoms with E-state index in [0.29, 0.717) is 6.54 Å². The van der Waals surface area contributed by atoms with E-state index in [1.807, 2.05) is 13.1 Å². The largest absolute Gasteiger partial charge is 0.369 e. The van der Waals surface area contributed by atoms with Crippen LogP contribution in [0.25, 0.3) is 0 Å². The van der Waals surface area contributed by atoms with Crippen LogP contribution in [0, 0.1) is 0 Å². The fourth-order valence-electron chi connectivity index (χ4n) is 1.48. The maximum Gasteiger partial charge on any atom is 0.147 e. The van der Waals surface area contributed by atoms with E-state index >= 15 is 0 Å². The molecule has 0 aliphatic heterocycles. The number of nitrogens with one attached hydrogen (secondary N) is 2. The Balaban J connectivity index is 1.94. The van der Waals surface area contributed by atoms with Crippen molar-refractivity contribution in [3.05, 3.63) is 28.5 Å². The molecule has 0 radical (unpaired) electrons. The minimum atomic E-state index is 0.689. The van der Waals surface area contributed by atoms with Gasteiger partial charge in [-0.3, -0.25) is 4.98 Å². The second-order valence-corrected chi connectivity index (χ2v) is 4.95. The van der Waals surface area contributed by atoms with Crippen LogP contribution in [0.5, 0.6) is 0 Å². The molecule has 6 heteroatoms. The van der Waals surface area contributed by atoms with Gasteiger partial charge < -0.3 is 10.6 Å². The van der Waals surface area contributed by atoms with Gasteiger partial charge in [0.15, 0.2) is 0 Å². The van der Waals surface area contributed by atoms with Crippen molar-refractivity contribution in [2.24, 2.45) is 0 Å². The molecule has 96 valence electrons. The Morgan fingerprint density at radius 3 is 2.56 bits per heavy atom. The van der Waals surface area contributed by atoms with Crippen LogP contribution < -0.4 is 10.6 Å². The van der Waals surface area contributed by atoms with E-state index in [-0.39, 0.29) is 0 Å². The van der Waals surface area contributed by atoms with E-state index in [1.165, 1.54) is 4.88 Å². The molecule has 0 aromatic carbocycles. The van der Waals surface area contributed by atoms with Gasteiger partial charge in [0.2, 0.25) is 0 Å². The molecule has 5 nitrogen and oxygen atoms in total. The van der Waals surface area contributed by atoms with Gasteiger partial charge in [-0.1, -0.05) is 6.92 Å². The first kappa shape index (κ1) is 12.8. The normalized spacial score (nSPS) is 10.3. The lowest BCUT2D eigenvalue weighted by Gasteiger charge is -2.05. The number of nitrogens with zero attached hydrogens (tertiary/aromatic N) is 3. The average Bonchev–Trinajstić information content (AvgIpc) is 2.85. The maximum absolute atomic E-state index is 4.40. The zero-order valence-corrected chi connectivity index (χ0v) is 11.4. The Bertz CT molecular complexity index is 497. The molecule has 2 heterocycles. The van der Waals surface area contributed by atoms with E-state index in [4.69, 9.17) is 0 Å². The number of aromatic nitrogens is 3. The van der Waals surface area contributed by atoms with E-state index in [0.717, 1.165) is 29.6 Å². The molecule has 0 amide bonds. The van der Waals surface area contributed by atoms with Gasteiger partial charge in [-0.2, -0.15) is 0 Å². The molecule has 2 aromatic rings. The molecule has 2 aromatic heterocycles. The quantitative estimate of drug-likeness (QED) is 0.838. The molecular formula is C12H17N5S. The Morgan fingerprint density at radius 1 is 1.11 bits per heavy atom. The van der Waals surface area contributed by atoms with E-state index in [9.17, 15) is 0 Å². The van der Waals surface area contributed by atoms with Gasteiger partial charge >= 0.3 is 0 Å². The third-order valence-electron chi connectivity index (χ3n) is 2.36. The number of anilines is 2.